The molecule has 3 N–H and O–H groups in total. The molecule has 2 aromatic heterocycles. The molecule has 0 unspecified atom stereocenters. The molecule has 3 aromatic rings. The van der Waals surface area contributed by atoms with Crippen molar-refractivity contribution in [2.24, 2.45) is 23.7 Å². The van der Waals surface area contributed by atoms with Crippen LogP contribution in [-0.4, -0.2) is 41.4 Å². The molecule has 0 bridgehead atoms. The number of fused-ring (bicyclic) bond motifs is 4. The number of benzene rings is 1. The van der Waals surface area contributed by atoms with Crippen LogP contribution in [0.25, 0.3) is 0 Å². The Morgan fingerprint density at radius 3 is 2.28 bits per heavy atom. The van der Waals surface area contributed by atoms with Gasteiger partial charge in [0, 0.05) is 48.6 Å². The lowest BCUT2D eigenvalue weighted by atomic mass is 9.60. The van der Waals surface area contributed by atoms with Gasteiger partial charge in [-0.3, -0.25) is 4.98 Å². The minimum absolute atomic E-state index is 0.0213. The van der Waals surface area contributed by atoms with E-state index in [1.165, 1.54) is 24.8 Å². The molecule has 3 fully saturated rings. The Morgan fingerprint density at radius 2 is 1.64 bits per heavy atom. The van der Waals surface area contributed by atoms with E-state index in [-0.39, 0.29) is 12.5 Å². The number of hydrogen-bond acceptors (Lipinski definition) is 7. The van der Waals surface area contributed by atoms with E-state index in [4.69, 9.17) is 10.5 Å². The van der Waals surface area contributed by atoms with E-state index < -0.39 is 11.9 Å². The van der Waals surface area contributed by atoms with E-state index in [9.17, 15) is 13.2 Å². The zero-order chi connectivity index (χ0) is 24.9. The second kappa shape index (κ2) is 8.92. The molecule has 10 heteroatoms. The van der Waals surface area contributed by atoms with E-state index in [0.29, 0.717) is 17.8 Å². The van der Waals surface area contributed by atoms with Crippen molar-refractivity contribution >= 4 is 11.5 Å². The molecule has 6 rings (SSSR count). The van der Waals surface area contributed by atoms with Crippen LogP contribution in [0.4, 0.5) is 24.7 Å². The molecule has 188 valence electrons. The fourth-order valence-corrected chi connectivity index (χ4v) is 5.99. The Balaban J connectivity index is 1.07. The molecule has 1 saturated carbocycles. The topological polar surface area (TPSA) is 89.2 Å². The maximum atomic E-state index is 12.7. The highest BCUT2D eigenvalue weighted by atomic mass is 19.4. The second-order valence-corrected chi connectivity index (χ2v) is 9.99. The van der Waals surface area contributed by atoms with Gasteiger partial charge in [-0.25, -0.2) is 0 Å². The van der Waals surface area contributed by atoms with E-state index in [1.54, 1.807) is 6.07 Å². The Bertz CT molecular complexity index is 1220. The fraction of sp³-hybridized carbons (Fsp3) is 0.423. The van der Waals surface area contributed by atoms with Crippen molar-refractivity contribution in [2.45, 2.75) is 19.2 Å². The standard InChI is InChI=1S/C26H27F3N6O/c27-26(28,29)23-6-3-16(9-32-23)14-36-24-8-17(25(30)34-33-24)7-15-1-4-18(5-2-15)35-12-21-19-10-31-11-20(19)22(21)13-35/h1-6,8-9,19-22,31H,7,10-14H2,(H2,30,34)/t19-,20+,21+,22-. The van der Waals surface area contributed by atoms with Gasteiger partial charge < -0.3 is 20.7 Å². The fourth-order valence-electron chi connectivity index (χ4n) is 5.99. The van der Waals surface area contributed by atoms with E-state index in [2.05, 4.69) is 49.7 Å². The zero-order valence-electron chi connectivity index (χ0n) is 19.6. The summed E-state index contributed by atoms with van der Waals surface area (Å²) in [6.45, 7) is 4.65. The number of anilines is 2. The Labute approximate surface area is 206 Å². The van der Waals surface area contributed by atoms with Crippen LogP contribution >= 0.6 is 0 Å². The third-order valence-electron chi connectivity index (χ3n) is 7.90. The molecule has 7 nitrogen and oxygen atoms in total. The molecule has 1 aliphatic carbocycles. The first-order chi connectivity index (χ1) is 17.3. The third-order valence-corrected chi connectivity index (χ3v) is 7.90. The second-order valence-electron chi connectivity index (χ2n) is 9.99. The van der Waals surface area contributed by atoms with Crippen molar-refractivity contribution < 1.29 is 17.9 Å². The summed E-state index contributed by atoms with van der Waals surface area (Å²) in [5.74, 6) is 3.93. The predicted molar refractivity (Wildman–Crippen MR) is 128 cm³/mol. The highest BCUT2D eigenvalue weighted by Crippen LogP contribution is 2.52. The molecule has 0 amide bonds. The number of alkyl halides is 3. The number of aromatic nitrogens is 3. The van der Waals surface area contributed by atoms with Crippen LogP contribution in [0.2, 0.25) is 0 Å². The predicted octanol–water partition coefficient (Wildman–Crippen LogP) is 3.54. The summed E-state index contributed by atoms with van der Waals surface area (Å²) in [6.07, 6.45) is -2.76. The molecule has 4 heterocycles. The Hall–Kier alpha value is -3.40. The SMILES string of the molecule is Nc1nnc(OCc2ccc(C(F)(F)F)nc2)cc1Cc1ccc(N2C[C@@H]3[C@H]4CNC[C@H]4[C@@H]3C2)cc1. The minimum atomic E-state index is -4.47. The largest absolute Gasteiger partial charge is 0.472 e. The van der Waals surface area contributed by atoms with E-state index in [1.807, 2.05) is 0 Å². The molecule has 4 atom stereocenters. The van der Waals surface area contributed by atoms with Gasteiger partial charge in [-0.1, -0.05) is 18.2 Å². The Kier molecular flexibility index (Phi) is 5.70. The highest BCUT2D eigenvalue weighted by Gasteiger charge is 2.56. The number of pyridine rings is 1. The number of nitrogens with two attached hydrogens (primary N) is 1. The van der Waals surface area contributed by atoms with Gasteiger partial charge in [-0.15, -0.1) is 10.2 Å². The minimum Gasteiger partial charge on any atom is -0.472 e. The molecule has 3 aliphatic rings. The van der Waals surface area contributed by atoms with Gasteiger partial charge >= 0.3 is 6.18 Å². The first kappa shape index (κ1) is 23.0. The van der Waals surface area contributed by atoms with Gasteiger partial charge in [-0.05, 0) is 60.5 Å². The lowest BCUT2D eigenvalue weighted by molar-refractivity contribution is -0.141. The quantitative estimate of drug-likeness (QED) is 0.540. The van der Waals surface area contributed by atoms with Crippen molar-refractivity contribution in [3.05, 3.63) is 71.0 Å². The zero-order valence-corrected chi connectivity index (χ0v) is 19.6. The number of rotatable bonds is 6. The number of nitrogens with one attached hydrogen (secondary N) is 1. The van der Waals surface area contributed by atoms with Crippen molar-refractivity contribution in [2.75, 3.05) is 36.8 Å². The summed E-state index contributed by atoms with van der Waals surface area (Å²) < 4.78 is 43.7. The third kappa shape index (κ3) is 4.34. The number of ether oxygens (including phenoxy) is 1. The lowest BCUT2D eigenvalue weighted by Gasteiger charge is -2.43. The van der Waals surface area contributed by atoms with Crippen LogP contribution in [0, 0.1) is 23.7 Å². The molecule has 36 heavy (non-hydrogen) atoms. The van der Waals surface area contributed by atoms with Gasteiger partial charge in [0.05, 0.1) is 0 Å². The molecule has 2 saturated heterocycles. The van der Waals surface area contributed by atoms with Crippen molar-refractivity contribution in [1.82, 2.24) is 20.5 Å². The summed E-state index contributed by atoms with van der Waals surface area (Å²) in [6, 6.07) is 12.6. The average molecular weight is 497 g/mol. The maximum absolute atomic E-state index is 12.7. The summed E-state index contributed by atoms with van der Waals surface area (Å²) >= 11 is 0. The number of hydrogen-bond donors (Lipinski definition) is 2. The first-order valence-corrected chi connectivity index (χ1v) is 12.2. The molecule has 0 spiro atoms. The summed E-state index contributed by atoms with van der Waals surface area (Å²) in [4.78, 5) is 5.96. The number of nitrogen functional groups attached to an aromatic ring is 1. The van der Waals surface area contributed by atoms with Gasteiger partial charge in [-0.2, -0.15) is 13.2 Å². The first-order valence-electron chi connectivity index (χ1n) is 12.2. The summed E-state index contributed by atoms with van der Waals surface area (Å²) in [5.41, 5.74) is 8.74. The van der Waals surface area contributed by atoms with Crippen LogP contribution in [0.5, 0.6) is 5.88 Å². The summed E-state index contributed by atoms with van der Waals surface area (Å²) in [7, 11) is 0. The van der Waals surface area contributed by atoms with Crippen LogP contribution in [0.3, 0.4) is 0 Å². The van der Waals surface area contributed by atoms with Gasteiger partial charge in [0.2, 0.25) is 5.88 Å². The molecular formula is C26H27F3N6O. The molecule has 0 radical (unpaired) electrons. The van der Waals surface area contributed by atoms with Crippen molar-refractivity contribution in [3.63, 3.8) is 0 Å². The summed E-state index contributed by atoms with van der Waals surface area (Å²) in [5, 5.41) is 11.5. The molecule has 2 aliphatic heterocycles. The van der Waals surface area contributed by atoms with E-state index >= 15 is 0 Å². The molecular weight excluding hydrogens is 469 g/mol. The maximum Gasteiger partial charge on any atom is 0.433 e. The number of nitrogens with zero attached hydrogens (tertiary/aromatic N) is 4. The van der Waals surface area contributed by atoms with Crippen LogP contribution in [-0.2, 0) is 19.2 Å². The van der Waals surface area contributed by atoms with Gasteiger partial charge in [0.15, 0.2) is 0 Å². The van der Waals surface area contributed by atoms with Crippen molar-refractivity contribution in [1.29, 1.82) is 0 Å². The number of halogens is 3. The Morgan fingerprint density at radius 1 is 0.944 bits per heavy atom. The highest BCUT2D eigenvalue weighted by molar-refractivity contribution is 5.51. The lowest BCUT2D eigenvalue weighted by Crippen LogP contribution is -2.44. The van der Waals surface area contributed by atoms with Crippen LogP contribution in [0.1, 0.15) is 22.4 Å². The normalized spacial score (nSPS) is 24.8. The van der Waals surface area contributed by atoms with E-state index in [0.717, 1.165) is 60.2 Å². The smallest absolute Gasteiger partial charge is 0.433 e. The monoisotopic (exact) mass is 496 g/mol. The van der Waals surface area contributed by atoms with Gasteiger partial charge in [0.25, 0.3) is 0 Å². The van der Waals surface area contributed by atoms with Gasteiger partial charge in [0.1, 0.15) is 18.1 Å². The average Bonchev–Trinajstić information content (AvgIpc) is 3.45. The van der Waals surface area contributed by atoms with Crippen LogP contribution < -0.4 is 20.7 Å². The van der Waals surface area contributed by atoms with Crippen LogP contribution in [0.15, 0.2) is 48.7 Å². The van der Waals surface area contributed by atoms with Crippen molar-refractivity contribution in [3.8, 4) is 5.88 Å². The molecule has 1 aromatic carbocycles.